The van der Waals surface area contributed by atoms with Crippen molar-refractivity contribution in [1.82, 2.24) is 15.0 Å². The van der Waals surface area contributed by atoms with Crippen LogP contribution in [-0.2, 0) is 21.4 Å². The van der Waals surface area contributed by atoms with Crippen molar-refractivity contribution in [3.63, 3.8) is 0 Å². The Morgan fingerprint density at radius 1 is 1.15 bits per heavy atom. The molecule has 3 rings (SSSR count). The van der Waals surface area contributed by atoms with E-state index in [1.807, 2.05) is 0 Å². The molecule has 0 bridgehead atoms. The Hall–Kier alpha value is -3.11. The molecule has 11 heteroatoms. The molecule has 3 aromatic rings. The van der Waals surface area contributed by atoms with E-state index in [0.29, 0.717) is 34.6 Å². The minimum Gasteiger partial charge on any atom is -0.495 e. The molecule has 1 aromatic heterocycles. The summed E-state index contributed by atoms with van der Waals surface area (Å²) in [6, 6.07) is 13.9. The molecule has 0 radical (unpaired) electrons. The van der Waals surface area contributed by atoms with Gasteiger partial charge in [-0.05, 0) is 42.8 Å². The molecule has 0 saturated carbocycles. The molecule has 1 amide bonds. The number of carbonyl (C=O) groups is 1. The predicted molar refractivity (Wildman–Crippen MR) is 126 cm³/mol. The second-order valence-corrected chi connectivity index (χ2v) is 9.72. The number of hydrogen-bond acceptors (Lipinski definition) is 7. The predicted octanol–water partition coefficient (Wildman–Crippen LogP) is 3.60. The summed E-state index contributed by atoms with van der Waals surface area (Å²) in [6.45, 7) is 0.280. The van der Waals surface area contributed by atoms with Crippen LogP contribution in [0, 0.1) is 0 Å². The van der Waals surface area contributed by atoms with E-state index < -0.39 is 10.0 Å². The Labute approximate surface area is 198 Å². The Morgan fingerprint density at radius 2 is 1.85 bits per heavy atom. The Kier molecular flexibility index (Phi) is 7.93. The summed E-state index contributed by atoms with van der Waals surface area (Å²) in [5.41, 5.74) is 1.18. The second kappa shape index (κ2) is 10.7. The smallest absolute Gasteiger partial charge is 0.246 e. The molecule has 0 aliphatic heterocycles. The fourth-order valence-corrected chi connectivity index (χ4v) is 4.29. The first-order chi connectivity index (χ1) is 15.7. The van der Waals surface area contributed by atoms with Crippen molar-refractivity contribution in [2.75, 3.05) is 31.3 Å². The van der Waals surface area contributed by atoms with Crippen molar-refractivity contribution in [3.05, 3.63) is 59.4 Å². The molecule has 2 aromatic carbocycles. The minimum absolute atomic E-state index is 0.139. The number of rotatable bonds is 10. The van der Waals surface area contributed by atoms with Gasteiger partial charge in [-0.3, -0.25) is 9.10 Å². The zero-order chi connectivity index (χ0) is 24.0. The number of ether oxygens (including phenoxy) is 1. The molecule has 9 nitrogen and oxygen atoms in total. The Bertz CT molecular complexity index is 1200. The first-order valence-electron chi connectivity index (χ1n) is 10.1. The zero-order valence-electron chi connectivity index (χ0n) is 18.6. The number of para-hydroxylation sites is 2. The largest absolute Gasteiger partial charge is 0.495 e. The SMILES string of the molecule is COc1ccccc1N(CCCC(=O)N(C)Cc1nc(-c2ccc(Cl)cc2)no1)S(C)(=O)=O. The van der Waals surface area contributed by atoms with E-state index in [1.165, 1.54) is 16.3 Å². The third kappa shape index (κ3) is 6.45. The molecule has 0 spiro atoms. The summed E-state index contributed by atoms with van der Waals surface area (Å²) in [6.07, 6.45) is 1.60. The minimum atomic E-state index is -3.56. The van der Waals surface area contributed by atoms with Crippen LogP contribution in [0.4, 0.5) is 5.69 Å². The molecular weight excluding hydrogens is 468 g/mol. The number of methoxy groups -OCH3 is 1. The third-order valence-corrected chi connectivity index (χ3v) is 6.31. The number of sulfonamides is 1. The van der Waals surface area contributed by atoms with Gasteiger partial charge in [0.25, 0.3) is 0 Å². The van der Waals surface area contributed by atoms with Crippen molar-refractivity contribution in [3.8, 4) is 17.1 Å². The normalized spacial score (nSPS) is 11.3. The molecule has 176 valence electrons. The lowest BCUT2D eigenvalue weighted by Gasteiger charge is -2.24. The lowest BCUT2D eigenvalue weighted by atomic mass is 10.2. The molecule has 33 heavy (non-hydrogen) atoms. The first kappa shape index (κ1) is 24.5. The van der Waals surface area contributed by atoms with Crippen molar-refractivity contribution in [1.29, 1.82) is 0 Å². The second-order valence-electron chi connectivity index (χ2n) is 7.38. The van der Waals surface area contributed by atoms with Gasteiger partial charge in [0.05, 0.1) is 25.6 Å². The van der Waals surface area contributed by atoms with Crippen molar-refractivity contribution in [2.24, 2.45) is 0 Å². The van der Waals surface area contributed by atoms with Gasteiger partial charge >= 0.3 is 0 Å². The van der Waals surface area contributed by atoms with Gasteiger partial charge in [-0.25, -0.2) is 8.42 Å². The van der Waals surface area contributed by atoms with Crippen molar-refractivity contribution in [2.45, 2.75) is 19.4 Å². The summed E-state index contributed by atoms with van der Waals surface area (Å²) in [4.78, 5) is 18.4. The number of hydrogen-bond donors (Lipinski definition) is 0. The summed E-state index contributed by atoms with van der Waals surface area (Å²) < 4.78 is 36.4. The maximum atomic E-state index is 12.6. The average Bonchev–Trinajstić information content (AvgIpc) is 3.24. The first-order valence-corrected chi connectivity index (χ1v) is 12.3. The van der Waals surface area contributed by atoms with E-state index in [4.69, 9.17) is 20.9 Å². The molecule has 0 unspecified atom stereocenters. The quantitative estimate of drug-likeness (QED) is 0.425. The van der Waals surface area contributed by atoms with Gasteiger partial charge in [0.2, 0.25) is 27.6 Å². The number of nitrogens with zero attached hydrogens (tertiary/aromatic N) is 4. The van der Waals surface area contributed by atoms with Gasteiger partial charge in [-0.1, -0.05) is 28.9 Å². The van der Waals surface area contributed by atoms with E-state index in [-0.39, 0.29) is 25.4 Å². The maximum Gasteiger partial charge on any atom is 0.246 e. The molecular formula is C22H25ClN4O5S. The van der Waals surface area contributed by atoms with Crippen LogP contribution < -0.4 is 9.04 Å². The number of aromatic nitrogens is 2. The van der Waals surface area contributed by atoms with Crippen molar-refractivity contribution < 1.29 is 22.5 Å². The highest BCUT2D eigenvalue weighted by Gasteiger charge is 2.22. The average molecular weight is 493 g/mol. The van der Waals surface area contributed by atoms with Gasteiger partial charge in [0, 0.05) is 30.6 Å². The summed E-state index contributed by atoms with van der Waals surface area (Å²) in [5.74, 6) is 0.972. The van der Waals surface area contributed by atoms with E-state index >= 15 is 0 Å². The molecule has 0 saturated heterocycles. The lowest BCUT2D eigenvalue weighted by molar-refractivity contribution is -0.130. The number of benzene rings is 2. The van der Waals surface area contributed by atoms with Crippen LogP contribution in [0.2, 0.25) is 5.02 Å². The van der Waals surface area contributed by atoms with Crippen LogP contribution in [0.5, 0.6) is 5.75 Å². The molecule has 0 fully saturated rings. The number of carbonyl (C=O) groups excluding carboxylic acids is 1. The van der Waals surface area contributed by atoms with Crippen LogP contribution in [0.1, 0.15) is 18.7 Å². The highest BCUT2D eigenvalue weighted by atomic mass is 35.5. The summed E-state index contributed by atoms with van der Waals surface area (Å²) in [5, 5.41) is 4.54. The topological polar surface area (TPSA) is 106 Å². The van der Waals surface area contributed by atoms with Gasteiger partial charge in [-0.2, -0.15) is 4.98 Å². The highest BCUT2D eigenvalue weighted by molar-refractivity contribution is 7.92. The number of amides is 1. The van der Waals surface area contributed by atoms with Gasteiger partial charge < -0.3 is 14.2 Å². The maximum absolute atomic E-state index is 12.6. The van der Waals surface area contributed by atoms with Gasteiger partial charge in [0.15, 0.2) is 0 Å². The van der Waals surface area contributed by atoms with Crippen molar-refractivity contribution >= 4 is 33.2 Å². The van der Waals surface area contributed by atoms with E-state index in [2.05, 4.69) is 10.1 Å². The lowest BCUT2D eigenvalue weighted by Crippen LogP contribution is -2.32. The fraction of sp³-hybridized carbons (Fsp3) is 0.318. The summed E-state index contributed by atoms with van der Waals surface area (Å²) >= 11 is 5.89. The molecule has 0 N–H and O–H groups in total. The van der Waals surface area contributed by atoms with Crippen LogP contribution in [-0.4, -0.2) is 56.3 Å². The fourth-order valence-electron chi connectivity index (χ4n) is 3.19. The van der Waals surface area contributed by atoms with Crippen LogP contribution >= 0.6 is 11.6 Å². The van der Waals surface area contributed by atoms with Crippen LogP contribution in [0.25, 0.3) is 11.4 Å². The monoisotopic (exact) mass is 492 g/mol. The molecule has 1 heterocycles. The zero-order valence-corrected chi connectivity index (χ0v) is 20.1. The number of anilines is 1. The summed E-state index contributed by atoms with van der Waals surface area (Å²) in [7, 11) is -0.449. The Morgan fingerprint density at radius 3 is 2.52 bits per heavy atom. The number of halogens is 1. The van der Waals surface area contributed by atoms with Crippen LogP contribution in [0.15, 0.2) is 53.1 Å². The van der Waals surface area contributed by atoms with Gasteiger partial charge in [0.1, 0.15) is 5.75 Å². The molecule has 0 aliphatic rings. The molecule has 0 aliphatic carbocycles. The van der Waals surface area contributed by atoms with Gasteiger partial charge in [-0.15, -0.1) is 0 Å². The van der Waals surface area contributed by atoms with E-state index in [9.17, 15) is 13.2 Å². The van der Waals surface area contributed by atoms with Crippen LogP contribution in [0.3, 0.4) is 0 Å². The highest BCUT2D eigenvalue weighted by Crippen LogP contribution is 2.29. The van der Waals surface area contributed by atoms with E-state index in [1.54, 1.807) is 55.6 Å². The third-order valence-electron chi connectivity index (χ3n) is 4.87. The van der Waals surface area contributed by atoms with E-state index in [0.717, 1.165) is 11.8 Å². The molecule has 0 atom stereocenters. The standard InChI is InChI=1S/C22H25ClN4O5S/c1-26(15-20-24-22(25-32-20)16-10-12-17(23)13-11-16)21(28)9-6-14-27(33(3,29)30)18-7-4-5-8-19(18)31-2/h4-5,7-8,10-13H,6,9,14-15H2,1-3H3. The Balaban J connectivity index is 1.58.